The molecule has 2 heterocycles. The molecule has 3 nitrogen and oxygen atoms in total. The smallest absolute Gasteiger partial charge is 0.126 e. The molecule has 1 aromatic rings. The zero-order valence-electron chi connectivity index (χ0n) is 12.4. The Kier molecular flexibility index (Phi) is 5.64. The van der Waals surface area contributed by atoms with Crippen molar-refractivity contribution in [3.8, 4) is 0 Å². The largest absolute Gasteiger partial charge is 0.370 e. The van der Waals surface area contributed by atoms with Crippen LogP contribution in [-0.2, 0) is 0 Å². The molecule has 0 atom stereocenters. The minimum absolute atomic E-state index is 0.935. The summed E-state index contributed by atoms with van der Waals surface area (Å²) in [5.41, 5.74) is 1.08. The normalized spacial score (nSPS) is 17.6. The zero-order valence-corrected chi connectivity index (χ0v) is 12.4. The van der Waals surface area contributed by atoms with Crippen LogP contribution in [0.1, 0.15) is 38.3 Å². The first-order chi connectivity index (χ1) is 9.24. The third-order valence-corrected chi connectivity index (χ3v) is 3.97. The molecule has 0 amide bonds. The summed E-state index contributed by atoms with van der Waals surface area (Å²) in [7, 11) is 0. The molecule has 1 aromatic heterocycles. The molecule has 0 bridgehead atoms. The number of aryl methyl sites for hydroxylation is 1. The predicted molar refractivity (Wildman–Crippen MR) is 81.5 cm³/mol. The van der Waals surface area contributed by atoms with E-state index >= 15 is 0 Å². The predicted octanol–water partition coefficient (Wildman–Crippen LogP) is 3.31. The van der Waals surface area contributed by atoms with Gasteiger partial charge in [-0.1, -0.05) is 13.0 Å². The monoisotopic (exact) mass is 261 g/mol. The van der Waals surface area contributed by atoms with Crippen LogP contribution in [0.2, 0.25) is 0 Å². The quantitative estimate of drug-likeness (QED) is 0.796. The fourth-order valence-corrected chi connectivity index (χ4v) is 2.60. The second-order valence-electron chi connectivity index (χ2n) is 5.82. The fourth-order valence-electron chi connectivity index (χ4n) is 2.60. The molecule has 2 rings (SSSR count). The maximum atomic E-state index is 4.45. The minimum atomic E-state index is 0.935. The Labute approximate surface area is 117 Å². The second-order valence-corrected chi connectivity index (χ2v) is 5.82. The van der Waals surface area contributed by atoms with Crippen molar-refractivity contribution in [1.29, 1.82) is 0 Å². The molecule has 1 aliphatic rings. The molecule has 1 fully saturated rings. The third kappa shape index (κ3) is 5.19. The van der Waals surface area contributed by atoms with Crippen LogP contribution in [0, 0.1) is 12.8 Å². The lowest BCUT2D eigenvalue weighted by Gasteiger charge is -2.30. The van der Waals surface area contributed by atoms with E-state index in [0.717, 1.165) is 24.0 Å². The molecular formula is C16H27N3. The average Bonchev–Trinajstić information content (AvgIpc) is 2.41. The molecule has 0 unspecified atom stereocenters. The van der Waals surface area contributed by atoms with Crippen LogP contribution in [0.25, 0.3) is 0 Å². The SMILES string of the molecule is Cc1cccc(NCCCCN2CCC(C)CC2)n1. The average molecular weight is 261 g/mol. The summed E-state index contributed by atoms with van der Waals surface area (Å²) < 4.78 is 0. The standard InChI is InChI=1S/C16H27N3/c1-14-8-12-19(13-9-14)11-4-3-10-17-16-7-5-6-15(2)18-16/h5-7,14H,3-4,8-13H2,1-2H3,(H,17,18). The van der Waals surface area contributed by atoms with Gasteiger partial charge >= 0.3 is 0 Å². The molecular weight excluding hydrogens is 234 g/mol. The van der Waals surface area contributed by atoms with Gasteiger partial charge in [-0.05, 0) is 70.3 Å². The van der Waals surface area contributed by atoms with E-state index in [0.29, 0.717) is 0 Å². The summed E-state index contributed by atoms with van der Waals surface area (Å²) in [6.07, 6.45) is 5.27. The molecule has 0 aromatic carbocycles. The van der Waals surface area contributed by atoms with Crippen LogP contribution in [0.5, 0.6) is 0 Å². The van der Waals surface area contributed by atoms with Crippen molar-refractivity contribution in [1.82, 2.24) is 9.88 Å². The Hall–Kier alpha value is -1.09. The minimum Gasteiger partial charge on any atom is -0.370 e. The van der Waals surface area contributed by atoms with Crippen molar-refractivity contribution in [3.05, 3.63) is 23.9 Å². The summed E-state index contributed by atoms with van der Waals surface area (Å²) in [5, 5.41) is 3.40. The number of likely N-dealkylation sites (tertiary alicyclic amines) is 1. The number of hydrogen-bond donors (Lipinski definition) is 1. The number of nitrogens with zero attached hydrogens (tertiary/aromatic N) is 2. The van der Waals surface area contributed by atoms with Crippen molar-refractivity contribution in [3.63, 3.8) is 0 Å². The maximum Gasteiger partial charge on any atom is 0.126 e. The van der Waals surface area contributed by atoms with Crippen LogP contribution in [0.4, 0.5) is 5.82 Å². The highest BCUT2D eigenvalue weighted by Gasteiger charge is 2.14. The van der Waals surface area contributed by atoms with Crippen LogP contribution in [0.3, 0.4) is 0 Å². The van der Waals surface area contributed by atoms with E-state index in [1.165, 1.54) is 45.3 Å². The summed E-state index contributed by atoms with van der Waals surface area (Å²) in [6.45, 7) is 9.29. The van der Waals surface area contributed by atoms with E-state index in [9.17, 15) is 0 Å². The number of aromatic nitrogens is 1. The number of pyridine rings is 1. The van der Waals surface area contributed by atoms with Gasteiger partial charge in [-0.15, -0.1) is 0 Å². The molecule has 0 radical (unpaired) electrons. The number of unbranched alkanes of at least 4 members (excludes halogenated alkanes) is 1. The number of rotatable bonds is 6. The number of nitrogens with one attached hydrogen (secondary N) is 1. The van der Waals surface area contributed by atoms with Crippen molar-refractivity contribution in [2.24, 2.45) is 5.92 Å². The van der Waals surface area contributed by atoms with Crippen molar-refractivity contribution < 1.29 is 0 Å². The summed E-state index contributed by atoms with van der Waals surface area (Å²) in [6, 6.07) is 6.13. The molecule has 0 saturated carbocycles. The second kappa shape index (κ2) is 7.49. The highest BCUT2D eigenvalue weighted by Crippen LogP contribution is 2.16. The lowest BCUT2D eigenvalue weighted by Crippen LogP contribution is -2.33. The molecule has 1 saturated heterocycles. The molecule has 106 valence electrons. The first-order valence-corrected chi connectivity index (χ1v) is 7.64. The van der Waals surface area contributed by atoms with Gasteiger partial charge in [0, 0.05) is 12.2 Å². The lowest BCUT2D eigenvalue weighted by molar-refractivity contribution is 0.190. The Morgan fingerprint density at radius 3 is 2.79 bits per heavy atom. The van der Waals surface area contributed by atoms with Gasteiger partial charge in [0.2, 0.25) is 0 Å². The van der Waals surface area contributed by atoms with E-state index in [4.69, 9.17) is 0 Å². The molecule has 1 N–H and O–H groups in total. The highest BCUT2D eigenvalue weighted by molar-refractivity contribution is 5.34. The Morgan fingerprint density at radius 1 is 1.26 bits per heavy atom. The summed E-state index contributed by atoms with van der Waals surface area (Å²) in [5.74, 6) is 1.94. The van der Waals surface area contributed by atoms with Crippen molar-refractivity contribution >= 4 is 5.82 Å². The van der Waals surface area contributed by atoms with Gasteiger partial charge in [-0.25, -0.2) is 4.98 Å². The molecule has 0 spiro atoms. The topological polar surface area (TPSA) is 28.2 Å². The van der Waals surface area contributed by atoms with E-state index < -0.39 is 0 Å². The van der Waals surface area contributed by atoms with Crippen LogP contribution in [0.15, 0.2) is 18.2 Å². The van der Waals surface area contributed by atoms with Gasteiger partial charge in [-0.2, -0.15) is 0 Å². The van der Waals surface area contributed by atoms with E-state index in [-0.39, 0.29) is 0 Å². The molecule has 19 heavy (non-hydrogen) atoms. The molecule has 1 aliphatic heterocycles. The number of hydrogen-bond acceptors (Lipinski definition) is 3. The number of piperidine rings is 1. The highest BCUT2D eigenvalue weighted by atomic mass is 15.1. The Morgan fingerprint density at radius 2 is 2.05 bits per heavy atom. The first-order valence-electron chi connectivity index (χ1n) is 7.64. The van der Waals surface area contributed by atoms with E-state index in [1.54, 1.807) is 0 Å². The molecule has 0 aliphatic carbocycles. The maximum absolute atomic E-state index is 4.45. The Balaban J connectivity index is 1.55. The van der Waals surface area contributed by atoms with Crippen LogP contribution >= 0.6 is 0 Å². The van der Waals surface area contributed by atoms with Gasteiger partial charge in [-0.3, -0.25) is 0 Å². The number of anilines is 1. The lowest BCUT2D eigenvalue weighted by atomic mass is 9.99. The summed E-state index contributed by atoms with van der Waals surface area (Å²) >= 11 is 0. The van der Waals surface area contributed by atoms with Gasteiger partial charge in [0.05, 0.1) is 0 Å². The summed E-state index contributed by atoms with van der Waals surface area (Å²) in [4.78, 5) is 7.06. The van der Waals surface area contributed by atoms with E-state index in [1.807, 2.05) is 19.1 Å². The zero-order chi connectivity index (χ0) is 13.5. The fraction of sp³-hybridized carbons (Fsp3) is 0.688. The first kappa shape index (κ1) is 14.3. The van der Waals surface area contributed by atoms with Crippen LogP contribution < -0.4 is 5.32 Å². The van der Waals surface area contributed by atoms with Crippen molar-refractivity contribution in [2.75, 3.05) is 31.5 Å². The molecule has 3 heteroatoms. The third-order valence-electron chi connectivity index (χ3n) is 3.97. The van der Waals surface area contributed by atoms with Gasteiger partial charge < -0.3 is 10.2 Å². The Bertz CT molecular complexity index is 370. The van der Waals surface area contributed by atoms with Crippen LogP contribution in [-0.4, -0.2) is 36.1 Å². The van der Waals surface area contributed by atoms with E-state index in [2.05, 4.69) is 28.2 Å². The van der Waals surface area contributed by atoms with Gasteiger partial charge in [0.1, 0.15) is 5.82 Å². The van der Waals surface area contributed by atoms with Gasteiger partial charge in [0.15, 0.2) is 0 Å². The van der Waals surface area contributed by atoms with Crippen molar-refractivity contribution in [2.45, 2.75) is 39.5 Å². The van der Waals surface area contributed by atoms with Gasteiger partial charge in [0.25, 0.3) is 0 Å².